The van der Waals surface area contributed by atoms with Crippen LogP contribution in [0.15, 0.2) is 97.2 Å². The number of ether oxygens (including phenoxy) is 2. The molecule has 3 N–H and O–H groups in total. The highest BCUT2D eigenvalue weighted by Gasteiger charge is 2.26. The Kier molecular flexibility index (Phi) is 58.7. The first-order chi connectivity index (χ1) is 37.3. The van der Waals surface area contributed by atoms with E-state index in [1.54, 1.807) is 0 Å². The van der Waals surface area contributed by atoms with Gasteiger partial charge < -0.3 is 20.1 Å². The van der Waals surface area contributed by atoms with Crippen molar-refractivity contribution in [3.8, 4) is 0 Å². The maximum atomic E-state index is 12.7. The number of rotatable bonds is 58. The molecular formula is C66H116NO8P. The minimum atomic E-state index is -4.39. The van der Waals surface area contributed by atoms with Crippen LogP contribution in [-0.4, -0.2) is 49.3 Å². The van der Waals surface area contributed by atoms with Crippen LogP contribution in [0.2, 0.25) is 0 Å². The number of carbonyl (C=O) groups is 2. The predicted molar refractivity (Wildman–Crippen MR) is 325 cm³/mol. The lowest BCUT2D eigenvalue weighted by Crippen LogP contribution is -2.29. The van der Waals surface area contributed by atoms with E-state index in [4.69, 9.17) is 24.3 Å². The molecule has 0 aromatic heterocycles. The van der Waals surface area contributed by atoms with Crippen LogP contribution in [0.3, 0.4) is 0 Å². The zero-order valence-electron chi connectivity index (χ0n) is 49.0. The summed E-state index contributed by atoms with van der Waals surface area (Å²) in [7, 11) is -4.39. The minimum Gasteiger partial charge on any atom is -0.462 e. The van der Waals surface area contributed by atoms with Crippen LogP contribution in [0.1, 0.15) is 277 Å². The second kappa shape index (κ2) is 61.1. The highest BCUT2D eigenvalue weighted by Crippen LogP contribution is 2.43. The molecule has 0 amide bonds. The molecule has 0 aliphatic heterocycles. The fourth-order valence-corrected chi connectivity index (χ4v) is 9.38. The van der Waals surface area contributed by atoms with Gasteiger partial charge >= 0.3 is 19.8 Å². The standard InChI is InChI=1S/C66H116NO8P/c1-3-5-7-9-11-13-15-17-19-21-23-24-25-26-27-28-29-30-31-32-33-34-35-36-37-38-39-40-41-43-45-47-49-51-53-55-57-59-66(69)75-64(63-74-76(70,71)73-61-60-67)62-72-65(68)58-56-54-52-50-48-46-44-42-22-20-18-16-14-12-10-8-6-4-2/h5,7,11,13,17,19-20,22-24,26-27,29-30,32-33,64H,3-4,6,8-10,12,14-16,18,21,25,28,31,34-63,67H2,1-2H3,(H,70,71)/b7-5-,13-11-,19-17-,22-20-,24-23-,27-26-,30-29-,33-32-. The summed E-state index contributed by atoms with van der Waals surface area (Å²) in [6.07, 6.45) is 81.9. The summed E-state index contributed by atoms with van der Waals surface area (Å²) in [5.41, 5.74) is 5.39. The van der Waals surface area contributed by atoms with Gasteiger partial charge in [0.15, 0.2) is 6.10 Å². The molecule has 0 saturated carbocycles. The van der Waals surface area contributed by atoms with Gasteiger partial charge in [-0.1, -0.05) is 265 Å². The summed E-state index contributed by atoms with van der Waals surface area (Å²) in [6, 6.07) is 0. The fourth-order valence-electron chi connectivity index (χ4n) is 8.61. The van der Waals surface area contributed by atoms with Gasteiger partial charge in [-0.2, -0.15) is 0 Å². The summed E-state index contributed by atoms with van der Waals surface area (Å²) in [5, 5.41) is 0. The maximum Gasteiger partial charge on any atom is 0.472 e. The summed E-state index contributed by atoms with van der Waals surface area (Å²) in [6.45, 7) is 3.64. The summed E-state index contributed by atoms with van der Waals surface area (Å²) < 4.78 is 33.1. The molecule has 0 rings (SSSR count). The van der Waals surface area contributed by atoms with Crippen molar-refractivity contribution in [2.45, 2.75) is 283 Å². The highest BCUT2D eigenvalue weighted by atomic mass is 31.2. The number of phosphoric acid groups is 1. The Morgan fingerprint density at radius 2 is 0.724 bits per heavy atom. The molecular weight excluding hydrogens is 966 g/mol. The van der Waals surface area contributed by atoms with Gasteiger partial charge in [-0.05, 0) is 96.3 Å². The van der Waals surface area contributed by atoms with Crippen molar-refractivity contribution in [2.24, 2.45) is 5.73 Å². The molecule has 0 heterocycles. The Labute approximate surface area is 467 Å². The summed E-state index contributed by atoms with van der Waals surface area (Å²) in [5.74, 6) is -0.828. The number of carbonyl (C=O) groups excluding carboxylic acids is 2. The fraction of sp³-hybridized carbons (Fsp3) is 0.727. The molecule has 0 aromatic carbocycles. The lowest BCUT2D eigenvalue weighted by atomic mass is 10.0. The maximum absolute atomic E-state index is 12.7. The topological polar surface area (TPSA) is 134 Å². The molecule has 9 nitrogen and oxygen atoms in total. The second-order valence-corrected chi connectivity index (χ2v) is 22.0. The Hall–Kier alpha value is -3.07. The largest absolute Gasteiger partial charge is 0.472 e. The molecule has 438 valence electrons. The van der Waals surface area contributed by atoms with Crippen molar-refractivity contribution in [3.05, 3.63) is 97.2 Å². The molecule has 0 radical (unpaired) electrons. The number of esters is 2. The van der Waals surface area contributed by atoms with Crippen LogP contribution in [0.5, 0.6) is 0 Å². The van der Waals surface area contributed by atoms with Gasteiger partial charge in [0.2, 0.25) is 0 Å². The number of allylic oxidation sites excluding steroid dienone is 16. The van der Waals surface area contributed by atoms with Crippen molar-refractivity contribution < 1.29 is 37.6 Å². The predicted octanol–water partition coefficient (Wildman–Crippen LogP) is 20.0. The van der Waals surface area contributed by atoms with E-state index in [0.717, 1.165) is 96.3 Å². The third-order valence-corrected chi connectivity index (χ3v) is 14.2. The van der Waals surface area contributed by atoms with Crippen LogP contribution in [-0.2, 0) is 32.7 Å². The number of hydrogen-bond acceptors (Lipinski definition) is 8. The van der Waals surface area contributed by atoms with Crippen LogP contribution >= 0.6 is 7.82 Å². The van der Waals surface area contributed by atoms with Gasteiger partial charge in [0.25, 0.3) is 0 Å². The van der Waals surface area contributed by atoms with Gasteiger partial charge in [0.1, 0.15) is 6.61 Å². The Morgan fingerprint density at radius 3 is 1.09 bits per heavy atom. The molecule has 0 fully saturated rings. The monoisotopic (exact) mass is 1080 g/mol. The third kappa shape index (κ3) is 60.2. The quantitative estimate of drug-likeness (QED) is 0.0264. The average Bonchev–Trinajstić information content (AvgIpc) is 3.41. The summed E-state index contributed by atoms with van der Waals surface area (Å²) >= 11 is 0. The Bertz CT molecular complexity index is 1560. The van der Waals surface area contributed by atoms with E-state index < -0.39 is 26.5 Å². The molecule has 76 heavy (non-hydrogen) atoms. The molecule has 0 aliphatic carbocycles. The molecule has 0 spiro atoms. The second-order valence-electron chi connectivity index (χ2n) is 20.5. The van der Waals surface area contributed by atoms with Crippen molar-refractivity contribution in [1.29, 1.82) is 0 Å². The Balaban J connectivity index is 3.90. The van der Waals surface area contributed by atoms with Crippen molar-refractivity contribution >= 4 is 19.8 Å². The molecule has 0 bridgehead atoms. The van der Waals surface area contributed by atoms with Crippen molar-refractivity contribution in [3.63, 3.8) is 0 Å². The number of unbranched alkanes of at least 4 members (excludes halogenated alkanes) is 29. The summed E-state index contributed by atoms with van der Waals surface area (Å²) in [4.78, 5) is 35.2. The van der Waals surface area contributed by atoms with Crippen LogP contribution in [0, 0.1) is 0 Å². The normalized spacial score (nSPS) is 13.7. The first-order valence-corrected chi connectivity index (χ1v) is 32.7. The van der Waals surface area contributed by atoms with E-state index in [1.165, 1.54) is 148 Å². The number of nitrogens with two attached hydrogens (primary N) is 1. The lowest BCUT2D eigenvalue weighted by molar-refractivity contribution is -0.161. The number of phosphoric ester groups is 1. The van der Waals surface area contributed by atoms with Crippen molar-refractivity contribution in [2.75, 3.05) is 26.4 Å². The van der Waals surface area contributed by atoms with Gasteiger partial charge in [-0.3, -0.25) is 18.6 Å². The molecule has 2 unspecified atom stereocenters. The zero-order valence-corrected chi connectivity index (χ0v) is 49.9. The SMILES string of the molecule is CC/C=C\C/C=C\C/C=C\C/C=C\C/C=C\C/C=C\C/C=C\CCCCCCCCCCCCCCCCCC(=O)OC(COC(=O)CCCCCCCCC/C=C\CCCCCCCCC)COP(=O)(O)OCCN. The van der Waals surface area contributed by atoms with Gasteiger partial charge in [-0.25, -0.2) is 4.57 Å². The van der Waals surface area contributed by atoms with Gasteiger partial charge in [0.05, 0.1) is 13.2 Å². The molecule has 0 aromatic rings. The first-order valence-electron chi connectivity index (χ1n) is 31.2. The number of hydrogen-bond donors (Lipinski definition) is 2. The van der Waals surface area contributed by atoms with E-state index in [0.29, 0.717) is 6.42 Å². The van der Waals surface area contributed by atoms with Crippen molar-refractivity contribution in [1.82, 2.24) is 0 Å². The molecule has 0 saturated heterocycles. The van der Waals surface area contributed by atoms with Crippen LogP contribution < -0.4 is 5.73 Å². The van der Waals surface area contributed by atoms with Gasteiger partial charge in [-0.15, -0.1) is 0 Å². The molecule has 0 aliphatic rings. The Morgan fingerprint density at radius 1 is 0.408 bits per heavy atom. The van der Waals surface area contributed by atoms with Crippen LogP contribution in [0.25, 0.3) is 0 Å². The van der Waals surface area contributed by atoms with Gasteiger partial charge in [0, 0.05) is 19.4 Å². The van der Waals surface area contributed by atoms with E-state index in [1.807, 2.05) is 0 Å². The average molecular weight is 1080 g/mol. The first kappa shape index (κ1) is 72.9. The molecule has 10 heteroatoms. The van der Waals surface area contributed by atoms with E-state index in [9.17, 15) is 19.0 Å². The van der Waals surface area contributed by atoms with Crippen LogP contribution in [0.4, 0.5) is 0 Å². The lowest BCUT2D eigenvalue weighted by Gasteiger charge is -2.19. The van der Waals surface area contributed by atoms with E-state index in [2.05, 4.69) is 111 Å². The molecule has 2 atom stereocenters. The highest BCUT2D eigenvalue weighted by molar-refractivity contribution is 7.47. The van der Waals surface area contributed by atoms with E-state index in [-0.39, 0.29) is 38.6 Å². The van der Waals surface area contributed by atoms with E-state index >= 15 is 0 Å². The zero-order chi connectivity index (χ0) is 55.2. The third-order valence-electron chi connectivity index (χ3n) is 13.2. The minimum absolute atomic E-state index is 0.0506. The smallest absolute Gasteiger partial charge is 0.462 e.